The molecule has 1 amide bonds. The molecule has 0 radical (unpaired) electrons. The van der Waals surface area contributed by atoms with Gasteiger partial charge in [0.2, 0.25) is 5.82 Å². The number of carbonyl (C=O) groups excluding carboxylic acids is 1. The molecule has 0 atom stereocenters. The second-order valence-electron chi connectivity index (χ2n) is 3.88. The van der Waals surface area contributed by atoms with Gasteiger partial charge < -0.3 is 5.32 Å². The predicted octanol–water partition coefficient (Wildman–Crippen LogP) is 4.29. The lowest BCUT2D eigenvalue weighted by Crippen LogP contribution is -2.17. The van der Waals surface area contributed by atoms with E-state index in [0.29, 0.717) is 0 Å². The maximum Gasteiger partial charge on any atom is 0.257 e. The predicted molar refractivity (Wildman–Crippen MR) is 65.6 cm³/mol. The molecule has 2 aromatic rings. The molecule has 0 saturated heterocycles. The van der Waals surface area contributed by atoms with Crippen LogP contribution in [0, 0.1) is 29.1 Å². The largest absolute Gasteiger partial charge is 0.317 e. The van der Waals surface area contributed by atoms with Crippen LogP contribution >= 0.6 is 11.6 Å². The number of amides is 1. The molecule has 0 heterocycles. The molecular formula is C13H5ClF5NO. The van der Waals surface area contributed by atoms with Crippen LogP contribution in [0.15, 0.2) is 24.3 Å². The minimum Gasteiger partial charge on any atom is -0.317 e. The number of halogens is 6. The number of rotatable bonds is 2. The first kappa shape index (κ1) is 15.2. The Balaban J connectivity index is 2.46. The normalized spacial score (nSPS) is 10.6. The lowest BCUT2D eigenvalue weighted by molar-refractivity contribution is 0.102. The van der Waals surface area contributed by atoms with Gasteiger partial charge in [0, 0.05) is 0 Å². The first-order valence-corrected chi connectivity index (χ1v) is 5.79. The lowest BCUT2D eigenvalue weighted by Gasteiger charge is -2.10. The third-order valence-electron chi connectivity index (χ3n) is 2.57. The van der Waals surface area contributed by atoms with Crippen molar-refractivity contribution in [3.8, 4) is 0 Å². The van der Waals surface area contributed by atoms with Crippen LogP contribution in [-0.2, 0) is 0 Å². The van der Waals surface area contributed by atoms with E-state index < -0.39 is 40.7 Å². The second kappa shape index (κ2) is 5.69. The van der Waals surface area contributed by atoms with Crippen LogP contribution in [-0.4, -0.2) is 5.91 Å². The Bertz CT molecular complexity index is 706. The quantitative estimate of drug-likeness (QED) is 0.499. The van der Waals surface area contributed by atoms with Crippen molar-refractivity contribution in [2.45, 2.75) is 0 Å². The summed E-state index contributed by atoms with van der Waals surface area (Å²) >= 11 is 5.70. The first-order valence-electron chi connectivity index (χ1n) is 5.42. The minimum atomic E-state index is -2.30. The first-order chi connectivity index (χ1) is 9.84. The fourth-order valence-electron chi connectivity index (χ4n) is 1.54. The molecule has 2 rings (SSSR count). The molecule has 0 aliphatic rings. The van der Waals surface area contributed by atoms with Crippen LogP contribution in [0.25, 0.3) is 0 Å². The summed E-state index contributed by atoms with van der Waals surface area (Å²) in [6, 6.07) is 5.47. The smallest absolute Gasteiger partial charge is 0.257 e. The molecule has 0 aliphatic carbocycles. The molecule has 0 fully saturated rings. The molecular weight excluding hydrogens is 317 g/mol. The van der Waals surface area contributed by atoms with E-state index in [0.717, 1.165) is 0 Å². The number of carbonyl (C=O) groups is 1. The van der Waals surface area contributed by atoms with Crippen LogP contribution < -0.4 is 5.32 Å². The summed E-state index contributed by atoms with van der Waals surface area (Å²) in [5, 5.41) is 1.58. The monoisotopic (exact) mass is 321 g/mol. The maximum atomic E-state index is 13.4. The van der Waals surface area contributed by atoms with Crippen LogP contribution in [0.5, 0.6) is 0 Å². The van der Waals surface area contributed by atoms with Crippen LogP contribution in [0.2, 0.25) is 5.02 Å². The van der Waals surface area contributed by atoms with Crippen molar-refractivity contribution in [1.82, 2.24) is 0 Å². The van der Waals surface area contributed by atoms with Gasteiger partial charge in [-0.3, -0.25) is 4.79 Å². The molecule has 0 aromatic heterocycles. The van der Waals surface area contributed by atoms with Gasteiger partial charge in [0.15, 0.2) is 23.3 Å². The van der Waals surface area contributed by atoms with Gasteiger partial charge in [0.25, 0.3) is 5.91 Å². The standard InChI is InChI=1S/C13H5ClF5NO/c14-6-4-2-1-3-5(6)13(21)20-12-10(18)8(16)7(15)9(17)11(12)19/h1-4H,(H,20,21). The molecule has 0 unspecified atom stereocenters. The van der Waals surface area contributed by atoms with Gasteiger partial charge in [-0.2, -0.15) is 0 Å². The Morgan fingerprint density at radius 1 is 0.857 bits per heavy atom. The highest BCUT2D eigenvalue weighted by molar-refractivity contribution is 6.34. The van der Waals surface area contributed by atoms with Crippen molar-refractivity contribution < 1.29 is 26.7 Å². The minimum absolute atomic E-state index is 0.0427. The fraction of sp³-hybridized carbons (Fsp3) is 0. The number of benzene rings is 2. The zero-order valence-corrected chi connectivity index (χ0v) is 10.7. The topological polar surface area (TPSA) is 29.1 Å². The van der Waals surface area contributed by atoms with Crippen molar-refractivity contribution in [2.75, 3.05) is 5.32 Å². The number of nitrogens with one attached hydrogen (secondary N) is 1. The van der Waals surface area contributed by atoms with Crippen LogP contribution in [0.3, 0.4) is 0 Å². The zero-order valence-electron chi connectivity index (χ0n) is 9.99. The Kier molecular flexibility index (Phi) is 4.13. The Morgan fingerprint density at radius 2 is 1.33 bits per heavy atom. The molecule has 2 nitrogen and oxygen atoms in total. The highest BCUT2D eigenvalue weighted by Gasteiger charge is 2.27. The SMILES string of the molecule is O=C(Nc1c(F)c(F)c(F)c(F)c1F)c1ccccc1Cl. The summed E-state index contributed by atoms with van der Waals surface area (Å²) in [6.45, 7) is 0. The molecule has 1 N–H and O–H groups in total. The molecule has 110 valence electrons. The summed E-state index contributed by atoms with van der Waals surface area (Å²) in [6.07, 6.45) is 0. The van der Waals surface area contributed by atoms with Crippen molar-refractivity contribution in [1.29, 1.82) is 0 Å². The zero-order chi connectivity index (χ0) is 15.7. The number of anilines is 1. The molecule has 0 aliphatic heterocycles. The van der Waals surface area contributed by atoms with Gasteiger partial charge >= 0.3 is 0 Å². The van der Waals surface area contributed by atoms with E-state index in [1.807, 2.05) is 0 Å². The third kappa shape index (κ3) is 2.69. The van der Waals surface area contributed by atoms with E-state index in [9.17, 15) is 26.7 Å². The van der Waals surface area contributed by atoms with Gasteiger partial charge in [-0.1, -0.05) is 23.7 Å². The highest BCUT2D eigenvalue weighted by atomic mass is 35.5. The highest BCUT2D eigenvalue weighted by Crippen LogP contribution is 2.28. The van der Waals surface area contributed by atoms with E-state index in [4.69, 9.17) is 11.6 Å². The van der Waals surface area contributed by atoms with Crippen LogP contribution in [0.4, 0.5) is 27.6 Å². The molecule has 21 heavy (non-hydrogen) atoms. The van der Waals surface area contributed by atoms with Crippen LogP contribution in [0.1, 0.15) is 10.4 Å². The molecule has 0 saturated carbocycles. The van der Waals surface area contributed by atoms with E-state index in [-0.39, 0.29) is 10.6 Å². The third-order valence-corrected chi connectivity index (χ3v) is 2.90. The number of hydrogen-bond acceptors (Lipinski definition) is 1. The maximum absolute atomic E-state index is 13.4. The summed E-state index contributed by atoms with van der Waals surface area (Å²) in [7, 11) is 0. The van der Waals surface area contributed by atoms with E-state index in [1.165, 1.54) is 24.3 Å². The van der Waals surface area contributed by atoms with Crippen molar-refractivity contribution in [2.24, 2.45) is 0 Å². The van der Waals surface area contributed by atoms with Gasteiger partial charge in [-0.05, 0) is 12.1 Å². The summed E-state index contributed by atoms with van der Waals surface area (Å²) < 4.78 is 65.7. The molecule has 8 heteroatoms. The summed E-state index contributed by atoms with van der Waals surface area (Å²) in [4.78, 5) is 11.8. The van der Waals surface area contributed by atoms with Gasteiger partial charge in [0.1, 0.15) is 5.69 Å². The Labute approximate surface area is 120 Å². The Hall–Kier alpha value is -2.15. The van der Waals surface area contributed by atoms with Gasteiger partial charge in [-0.25, -0.2) is 22.0 Å². The fourth-order valence-corrected chi connectivity index (χ4v) is 1.76. The molecule has 0 spiro atoms. The van der Waals surface area contributed by atoms with Crippen molar-refractivity contribution in [3.05, 3.63) is 63.9 Å². The molecule has 2 aromatic carbocycles. The average Bonchev–Trinajstić information content (AvgIpc) is 2.48. The van der Waals surface area contributed by atoms with Gasteiger partial charge in [-0.15, -0.1) is 0 Å². The average molecular weight is 322 g/mol. The lowest BCUT2D eigenvalue weighted by atomic mass is 10.2. The van der Waals surface area contributed by atoms with E-state index in [2.05, 4.69) is 0 Å². The molecule has 0 bridgehead atoms. The van der Waals surface area contributed by atoms with Crippen molar-refractivity contribution in [3.63, 3.8) is 0 Å². The van der Waals surface area contributed by atoms with E-state index >= 15 is 0 Å². The Morgan fingerprint density at radius 3 is 1.86 bits per heavy atom. The number of hydrogen-bond donors (Lipinski definition) is 1. The summed E-state index contributed by atoms with van der Waals surface area (Å²) in [5.41, 5.74) is -1.61. The second-order valence-corrected chi connectivity index (χ2v) is 4.29. The van der Waals surface area contributed by atoms with Crippen molar-refractivity contribution >= 4 is 23.2 Å². The van der Waals surface area contributed by atoms with Gasteiger partial charge in [0.05, 0.1) is 10.6 Å². The van der Waals surface area contributed by atoms with E-state index in [1.54, 1.807) is 5.32 Å². The summed E-state index contributed by atoms with van der Waals surface area (Å²) in [5.74, 6) is -12.0.